The molecule has 0 saturated heterocycles. The molecule has 0 atom stereocenters. The van der Waals surface area contributed by atoms with E-state index in [1.807, 2.05) is 0 Å². The molecule has 7 nitrogen and oxygen atoms in total. The third-order valence-electron chi connectivity index (χ3n) is 3.23. The maximum atomic E-state index is 11.0. The van der Waals surface area contributed by atoms with Crippen LogP contribution in [0.2, 0.25) is 0 Å². The van der Waals surface area contributed by atoms with Crippen LogP contribution in [0.15, 0.2) is 58.3 Å². The minimum atomic E-state index is -4.51. The summed E-state index contributed by atoms with van der Waals surface area (Å²) in [6.07, 6.45) is 0.586. The van der Waals surface area contributed by atoms with Crippen molar-refractivity contribution in [1.29, 1.82) is 0 Å². The number of benzene rings is 2. The van der Waals surface area contributed by atoms with Crippen LogP contribution in [0.5, 0.6) is 0 Å². The van der Waals surface area contributed by atoms with Gasteiger partial charge in [-0.2, -0.15) is 0 Å². The summed E-state index contributed by atoms with van der Waals surface area (Å²) >= 11 is 0. The van der Waals surface area contributed by atoms with Crippen LogP contribution in [-0.4, -0.2) is 38.6 Å². The molecule has 2 aromatic rings. The zero-order chi connectivity index (χ0) is 18.0. The van der Waals surface area contributed by atoms with E-state index in [1.54, 1.807) is 24.3 Å². The van der Waals surface area contributed by atoms with Crippen molar-refractivity contribution >= 4 is 38.8 Å². The second-order valence-electron chi connectivity index (χ2n) is 4.84. The summed E-state index contributed by atoms with van der Waals surface area (Å²) in [7, 11) is -9.99. The van der Waals surface area contributed by atoms with E-state index in [9.17, 15) is 25.9 Å². The van der Waals surface area contributed by atoms with Crippen molar-refractivity contribution in [3.05, 3.63) is 48.5 Å². The number of rotatable bonds is 6. The van der Waals surface area contributed by atoms with Crippen LogP contribution in [-0.2, 0) is 20.2 Å². The maximum absolute atomic E-state index is 11.0. The van der Waals surface area contributed by atoms with E-state index in [-0.39, 0.29) is 68.9 Å². The molecule has 0 saturated carbocycles. The van der Waals surface area contributed by atoms with Crippen molar-refractivity contribution in [2.45, 2.75) is 9.79 Å². The minimum Gasteiger partial charge on any atom is -0.744 e. The molecule has 0 spiro atoms. The Labute approximate surface area is 198 Å². The van der Waals surface area contributed by atoms with Crippen LogP contribution >= 0.6 is 7.92 Å². The minimum absolute atomic E-state index is 0. The second kappa shape index (κ2) is 11.0. The van der Waals surface area contributed by atoms with Gasteiger partial charge in [0.15, 0.2) is 0 Å². The molecule has 0 radical (unpaired) electrons. The van der Waals surface area contributed by atoms with Crippen molar-refractivity contribution < 1.29 is 85.1 Å². The first-order valence-electron chi connectivity index (χ1n) is 6.72. The molecule has 0 aromatic heterocycles. The van der Waals surface area contributed by atoms with Gasteiger partial charge in [-0.3, -0.25) is 0 Å². The molecule has 0 bridgehead atoms. The zero-order valence-corrected chi connectivity index (χ0v) is 20.9. The Morgan fingerprint density at radius 2 is 1.04 bits per heavy atom. The summed E-state index contributed by atoms with van der Waals surface area (Å²) in [6, 6.07) is 11.1. The van der Waals surface area contributed by atoms with Crippen molar-refractivity contribution in [2.75, 3.05) is 12.7 Å². The maximum Gasteiger partial charge on any atom is 1.00 e. The van der Waals surface area contributed by atoms with Crippen LogP contribution in [0.1, 0.15) is 0 Å². The van der Waals surface area contributed by atoms with E-state index < -0.39 is 28.2 Å². The van der Waals surface area contributed by atoms with Gasteiger partial charge in [0.2, 0.25) is 0 Å². The third-order valence-corrected chi connectivity index (χ3v) is 7.47. The number of nitrogens with two attached hydrogens (primary N) is 1. The largest absolute Gasteiger partial charge is 1.00 e. The van der Waals surface area contributed by atoms with Gasteiger partial charge in [-0.25, -0.2) is 16.8 Å². The van der Waals surface area contributed by atoms with Gasteiger partial charge in [-0.1, -0.05) is 24.3 Å². The van der Waals surface area contributed by atoms with Gasteiger partial charge in [0.05, 0.1) is 9.79 Å². The molecular formula is C14H14NNa2O6PS2. The van der Waals surface area contributed by atoms with Crippen LogP contribution in [0.3, 0.4) is 0 Å². The van der Waals surface area contributed by atoms with E-state index in [1.165, 1.54) is 24.3 Å². The summed E-state index contributed by atoms with van der Waals surface area (Å²) in [5, 5.41) is 1.58. The van der Waals surface area contributed by atoms with E-state index in [0.717, 1.165) is 10.6 Å². The quantitative estimate of drug-likeness (QED) is 0.272. The van der Waals surface area contributed by atoms with E-state index in [2.05, 4.69) is 0 Å². The molecule has 2 aromatic carbocycles. The van der Waals surface area contributed by atoms with Gasteiger partial charge in [0, 0.05) is 0 Å². The predicted octanol–water partition coefficient (Wildman–Crippen LogP) is -6.11. The number of hydrogen-bond donors (Lipinski definition) is 1. The Hall–Kier alpha value is 0.650. The first kappa shape index (κ1) is 26.6. The van der Waals surface area contributed by atoms with Gasteiger partial charge < -0.3 is 14.8 Å². The fourth-order valence-corrected chi connectivity index (χ4v) is 5.15. The van der Waals surface area contributed by atoms with Crippen molar-refractivity contribution in [3.8, 4) is 0 Å². The standard InChI is InChI=1S/C14H16NO6PS2.2Na/c15-9-10-22(11-1-5-13(6-2-11)23(16,17)18)12-3-7-14(8-4-12)24(19,20)21;;/h1-8H,9-10,15H2,(H,16,17,18)(H,19,20,21);;/q;2*+1/p-2. The van der Waals surface area contributed by atoms with Gasteiger partial charge in [0.1, 0.15) is 20.2 Å². The zero-order valence-electron chi connectivity index (χ0n) is 14.3. The fraction of sp³-hybridized carbons (Fsp3) is 0.143. The Morgan fingerprint density at radius 1 is 0.731 bits per heavy atom. The molecule has 0 heterocycles. The summed E-state index contributed by atoms with van der Waals surface area (Å²) in [5.41, 5.74) is 5.63. The molecule has 0 aliphatic carbocycles. The van der Waals surface area contributed by atoms with Crippen LogP contribution in [0, 0.1) is 0 Å². The molecule has 130 valence electrons. The average molecular weight is 433 g/mol. The van der Waals surface area contributed by atoms with E-state index >= 15 is 0 Å². The summed E-state index contributed by atoms with van der Waals surface area (Å²) in [5.74, 6) is 0. The molecule has 2 N–H and O–H groups in total. The Balaban J connectivity index is 0.00000312. The van der Waals surface area contributed by atoms with Crippen LogP contribution in [0.4, 0.5) is 0 Å². The van der Waals surface area contributed by atoms with Crippen molar-refractivity contribution in [1.82, 2.24) is 0 Å². The van der Waals surface area contributed by atoms with E-state index in [0.29, 0.717) is 12.7 Å². The SMILES string of the molecule is NCCP(c1ccc(S(=O)(=O)[O-])cc1)c1ccc(S(=O)(=O)[O-])cc1.[Na+].[Na+]. The average Bonchev–Trinajstić information content (AvgIpc) is 2.51. The Bertz CT molecular complexity index is 843. The third kappa shape index (κ3) is 7.24. The first-order chi connectivity index (χ1) is 11.1. The smallest absolute Gasteiger partial charge is 0.744 e. The first-order valence-corrected chi connectivity index (χ1v) is 11.1. The molecule has 2 rings (SSSR count). The topological polar surface area (TPSA) is 140 Å². The summed E-state index contributed by atoms with van der Waals surface area (Å²) in [4.78, 5) is -0.636. The summed E-state index contributed by atoms with van der Waals surface area (Å²) in [6.45, 7) is 0.370. The second-order valence-corrected chi connectivity index (χ2v) is 9.93. The molecule has 0 fully saturated rings. The molecule has 0 unspecified atom stereocenters. The monoisotopic (exact) mass is 433 g/mol. The molecule has 0 amide bonds. The predicted molar refractivity (Wildman–Crippen MR) is 88.9 cm³/mol. The normalized spacial score (nSPS) is 11.5. The van der Waals surface area contributed by atoms with Gasteiger partial charge >= 0.3 is 59.1 Å². The number of hydrogen-bond acceptors (Lipinski definition) is 7. The molecular weight excluding hydrogens is 419 g/mol. The molecule has 12 heteroatoms. The molecule has 0 aliphatic heterocycles. The fourth-order valence-electron chi connectivity index (χ4n) is 2.12. The van der Waals surface area contributed by atoms with Gasteiger partial charge in [-0.05, 0) is 55.5 Å². The molecule has 0 aliphatic rings. The van der Waals surface area contributed by atoms with Gasteiger partial charge in [-0.15, -0.1) is 0 Å². The Morgan fingerprint density at radius 3 is 1.27 bits per heavy atom. The van der Waals surface area contributed by atoms with Crippen LogP contribution in [0.25, 0.3) is 0 Å². The van der Waals surface area contributed by atoms with Crippen LogP contribution < -0.4 is 75.5 Å². The van der Waals surface area contributed by atoms with Crippen molar-refractivity contribution in [2.24, 2.45) is 5.73 Å². The van der Waals surface area contributed by atoms with E-state index in [4.69, 9.17) is 5.73 Å². The molecule has 26 heavy (non-hydrogen) atoms. The summed E-state index contributed by atoms with van der Waals surface area (Å²) < 4.78 is 65.9. The van der Waals surface area contributed by atoms with Gasteiger partial charge in [0.25, 0.3) is 0 Å². The Kier molecular flexibility index (Phi) is 11.3. The van der Waals surface area contributed by atoms with Crippen molar-refractivity contribution in [3.63, 3.8) is 0 Å².